The van der Waals surface area contributed by atoms with Crippen molar-refractivity contribution in [3.63, 3.8) is 0 Å². The van der Waals surface area contributed by atoms with Gasteiger partial charge in [-0.1, -0.05) is 13.3 Å². The Morgan fingerprint density at radius 2 is 1.95 bits per heavy atom. The van der Waals surface area contributed by atoms with Crippen molar-refractivity contribution in [2.24, 2.45) is 0 Å². The first-order chi connectivity index (χ1) is 10.0. The Labute approximate surface area is 124 Å². The van der Waals surface area contributed by atoms with E-state index in [2.05, 4.69) is 17.1 Å². The Bertz CT molecular complexity index is 422. The molecular weight excluding hydrogens is 277 g/mol. The molecule has 1 atom stereocenters. The van der Waals surface area contributed by atoms with Gasteiger partial charge in [0.1, 0.15) is 0 Å². The summed E-state index contributed by atoms with van der Waals surface area (Å²) in [6.45, 7) is 4.92. The quantitative estimate of drug-likeness (QED) is 0.852. The van der Waals surface area contributed by atoms with Crippen molar-refractivity contribution in [1.29, 1.82) is 0 Å². The third kappa shape index (κ3) is 4.63. The molecule has 1 saturated heterocycles. The van der Waals surface area contributed by atoms with Gasteiger partial charge in [-0.2, -0.15) is 13.2 Å². The molecule has 1 unspecified atom stereocenters. The second kappa shape index (κ2) is 7.16. The van der Waals surface area contributed by atoms with E-state index < -0.39 is 11.7 Å². The summed E-state index contributed by atoms with van der Waals surface area (Å²) in [5.74, 6) is 0. The molecule has 2 nitrogen and oxygen atoms in total. The molecule has 2 rings (SSSR count). The minimum Gasteiger partial charge on any atom is -0.370 e. The summed E-state index contributed by atoms with van der Waals surface area (Å²) >= 11 is 0. The van der Waals surface area contributed by atoms with Crippen molar-refractivity contribution < 1.29 is 13.2 Å². The van der Waals surface area contributed by atoms with Crippen LogP contribution in [-0.4, -0.2) is 25.7 Å². The van der Waals surface area contributed by atoms with Crippen molar-refractivity contribution in [1.82, 2.24) is 5.32 Å². The van der Waals surface area contributed by atoms with Crippen LogP contribution < -0.4 is 10.2 Å². The zero-order valence-corrected chi connectivity index (χ0v) is 12.4. The smallest absolute Gasteiger partial charge is 0.370 e. The van der Waals surface area contributed by atoms with Crippen molar-refractivity contribution >= 4 is 5.69 Å². The minimum atomic E-state index is -4.26. The van der Waals surface area contributed by atoms with E-state index in [9.17, 15) is 13.2 Å². The van der Waals surface area contributed by atoms with Gasteiger partial charge in [-0.15, -0.1) is 0 Å². The van der Waals surface area contributed by atoms with Gasteiger partial charge in [0.05, 0.1) is 5.56 Å². The summed E-state index contributed by atoms with van der Waals surface area (Å²) in [6, 6.07) is 5.98. The normalized spacial score (nSPS) is 19.0. The minimum absolute atomic E-state index is 0.448. The lowest BCUT2D eigenvalue weighted by atomic mass is 10.1. The Hall–Kier alpha value is -1.23. The lowest BCUT2D eigenvalue weighted by Crippen LogP contribution is -2.38. The molecule has 1 aromatic rings. The van der Waals surface area contributed by atoms with Crippen molar-refractivity contribution in [3.8, 4) is 0 Å². The molecular formula is C16H23F3N2. The van der Waals surface area contributed by atoms with Crippen LogP contribution in [0.25, 0.3) is 0 Å². The van der Waals surface area contributed by atoms with Crippen molar-refractivity contribution in [2.45, 2.75) is 44.8 Å². The number of benzene rings is 1. The monoisotopic (exact) mass is 300 g/mol. The molecule has 0 amide bonds. The van der Waals surface area contributed by atoms with Crippen LogP contribution in [0, 0.1) is 0 Å². The first kappa shape index (κ1) is 16.1. The van der Waals surface area contributed by atoms with Crippen LogP contribution >= 0.6 is 0 Å². The lowest BCUT2D eigenvalue weighted by Gasteiger charge is -2.28. The van der Waals surface area contributed by atoms with Crippen molar-refractivity contribution in [3.05, 3.63) is 29.8 Å². The van der Waals surface area contributed by atoms with E-state index in [-0.39, 0.29) is 0 Å². The summed E-state index contributed by atoms with van der Waals surface area (Å²) in [7, 11) is 0. The Kier molecular flexibility index (Phi) is 5.51. The van der Waals surface area contributed by atoms with E-state index in [4.69, 9.17) is 0 Å². The SMILES string of the molecule is CCCCN(CC1CCCN1)c1ccc(C(F)(F)F)cc1. The predicted octanol–water partition coefficient (Wildman–Crippen LogP) is 4.06. The molecule has 5 heteroatoms. The molecule has 0 spiro atoms. The van der Waals surface area contributed by atoms with E-state index in [0.717, 1.165) is 44.6 Å². The zero-order chi connectivity index (χ0) is 15.3. The number of nitrogens with zero attached hydrogens (tertiary/aromatic N) is 1. The Morgan fingerprint density at radius 1 is 1.24 bits per heavy atom. The summed E-state index contributed by atoms with van der Waals surface area (Å²) < 4.78 is 37.9. The molecule has 1 heterocycles. The molecule has 0 aromatic heterocycles. The van der Waals surface area contributed by atoms with Gasteiger partial charge in [0.2, 0.25) is 0 Å². The maximum absolute atomic E-state index is 12.6. The van der Waals surface area contributed by atoms with E-state index >= 15 is 0 Å². The highest BCUT2D eigenvalue weighted by atomic mass is 19.4. The summed E-state index contributed by atoms with van der Waals surface area (Å²) in [4.78, 5) is 2.20. The summed E-state index contributed by atoms with van der Waals surface area (Å²) in [5, 5.41) is 3.45. The maximum atomic E-state index is 12.6. The first-order valence-electron chi connectivity index (χ1n) is 7.66. The van der Waals surface area contributed by atoms with Gasteiger partial charge in [-0.25, -0.2) is 0 Å². The fraction of sp³-hybridized carbons (Fsp3) is 0.625. The molecule has 1 aliphatic rings. The Balaban J connectivity index is 2.07. The highest BCUT2D eigenvalue weighted by Crippen LogP contribution is 2.30. The van der Waals surface area contributed by atoms with Crippen LogP contribution in [0.2, 0.25) is 0 Å². The van der Waals surface area contributed by atoms with Gasteiger partial charge in [-0.05, 0) is 50.1 Å². The van der Waals surface area contributed by atoms with E-state index in [1.165, 1.54) is 18.6 Å². The fourth-order valence-corrected chi connectivity index (χ4v) is 2.71. The van der Waals surface area contributed by atoms with Crippen LogP contribution in [-0.2, 0) is 6.18 Å². The number of hydrogen-bond acceptors (Lipinski definition) is 2. The van der Waals surface area contributed by atoms with Crippen LogP contribution in [0.15, 0.2) is 24.3 Å². The highest BCUT2D eigenvalue weighted by molar-refractivity contribution is 5.48. The third-order valence-electron chi connectivity index (χ3n) is 3.94. The third-order valence-corrected chi connectivity index (χ3v) is 3.94. The second-order valence-electron chi connectivity index (χ2n) is 5.64. The lowest BCUT2D eigenvalue weighted by molar-refractivity contribution is -0.137. The number of rotatable bonds is 6. The van der Waals surface area contributed by atoms with Crippen molar-refractivity contribution in [2.75, 3.05) is 24.5 Å². The first-order valence-corrected chi connectivity index (χ1v) is 7.66. The molecule has 1 aliphatic heterocycles. The van der Waals surface area contributed by atoms with Gasteiger partial charge in [-0.3, -0.25) is 0 Å². The van der Waals surface area contributed by atoms with E-state index in [0.29, 0.717) is 6.04 Å². The molecule has 21 heavy (non-hydrogen) atoms. The average Bonchev–Trinajstić information content (AvgIpc) is 2.95. The average molecular weight is 300 g/mol. The van der Waals surface area contributed by atoms with Crippen LogP contribution in [0.1, 0.15) is 38.2 Å². The summed E-state index contributed by atoms with van der Waals surface area (Å²) in [6.07, 6.45) is 0.186. The number of nitrogens with one attached hydrogen (secondary N) is 1. The number of unbranched alkanes of at least 4 members (excludes halogenated alkanes) is 1. The molecule has 1 fully saturated rings. The largest absolute Gasteiger partial charge is 0.416 e. The van der Waals surface area contributed by atoms with Gasteiger partial charge < -0.3 is 10.2 Å². The van der Waals surface area contributed by atoms with Crippen LogP contribution in [0.3, 0.4) is 0 Å². The maximum Gasteiger partial charge on any atom is 0.416 e. The van der Waals surface area contributed by atoms with Gasteiger partial charge in [0.15, 0.2) is 0 Å². The van der Waals surface area contributed by atoms with Gasteiger partial charge >= 0.3 is 6.18 Å². The standard InChI is InChI=1S/C16H23F3N2/c1-2-3-11-21(12-14-5-4-10-20-14)15-8-6-13(7-9-15)16(17,18)19/h6-9,14,20H,2-5,10-12H2,1H3. The Morgan fingerprint density at radius 3 is 2.48 bits per heavy atom. The van der Waals surface area contributed by atoms with E-state index in [1.54, 1.807) is 12.1 Å². The van der Waals surface area contributed by atoms with Crippen LogP contribution in [0.5, 0.6) is 0 Å². The zero-order valence-electron chi connectivity index (χ0n) is 12.4. The topological polar surface area (TPSA) is 15.3 Å². The molecule has 1 aromatic carbocycles. The van der Waals surface area contributed by atoms with Crippen LogP contribution in [0.4, 0.5) is 18.9 Å². The number of alkyl halides is 3. The molecule has 0 saturated carbocycles. The number of anilines is 1. The molecule has 118 valence electrons. The second-order valence-corrected chi connectivity index (χ2v) is 5.64. The van der Waals surface area contributed by atoms with E-state index in [1.807, 2.05) is 0 Å². The fourth-order valence-electron chi connectivity index (χ4n) is 2.71. The molecule has 0 radical (unpaired) electrons. The van der Waals surface area contributed by atoms with Gasteiger partial charge in [0, 0.05) is 24.8 Å². The highest BCUT2D eigenvalue weighted by Gasteiger charge is 2.30. The van der Waals surface area contributed by atoms with Gasteiger partial charge in [0.25, 0.3) is 0 Å². The number of halogens is 3. The molecule has 1 N–H and O–H groups in total. The molecule has 0 aliphatic carbocycles. The predicted molar refractivity (Wildman–Crippen MR) is 79.6 cm³/mol. The number of hydrogen-bond donors (Lipinski definition) is 1. The molecule has 0 bridgehead atoms. The summed E-state index contributed by atoms with van der Waals surface area (Å²) in [5.41, 5.74) is 0.297.